The fourth-order valence-electron chi connectivity index (χ4n) is 2.33. The third kappa shape index (κ3) is 4.68. The number of benzene rings is 1. The van der Waals surface area contributed by atoms with Gasteiger partial charge in [0.05, 0.1) is 5.02 Å². The summed E-state index contributed by atoms with van der Waals surface area (Å²) in [5.74, 6) is 0.0830. The summed E-state index contributed by atoms with van der Waals surface area (Å²) in [5.41, 5.74) is 0.688. The van der Waals surface area contributed by atoms with E-state index in [1.165, 1.54) is 0 Å². The Kier molecular flexibility index (Phi) is 6.05. The number of carbonyl (C=O) groups excluding carboxylic acids is 1. The largest absolute Gasteiger partial charge is 0.336 e. The van der Waals surface area contributed by atoms with Gasteiger partial charge < -0.3 is 9.80 Å². The van der Waals surface area contributed by atoms with Crippen LogP contribution in [-0.4, -0.2) is 74.0 Å². The zero-order valence-electron chi connectivity index (χ0n) is 12.5. The molecule has 1 aliphatic rings. The third-order valence-electron chi connectivity index (χ3n) is 3.69. The molecule has 0 unspecified atom stereocenters. The van der Waals surface area contributed by atoms with Crippen LogP contribution in [0.1, 0.15) is 10.4 Å². The van der Waals surface area contributed by atoms with E-state index in [0.717, 1.165) is 43.7 Å². The van der Waals surface area contributed by atoms with Crippen molar-refractivity contribution < 1.29 is 4.79 Å². The standard InChI is InChI=1S/C15H21BrClN3O/c1-18(2)5-6-19-7-9-20(10-8-19)15(21)12-3-4-14(17)13(16)11-12/h3-4,11H,5-10H2,1-2H3. The van der Waals surface area contributed by atoms with Gasteiger partial charge in [-0.05, 0) is 48.2 Å². The minimum Gasteiger partial charge on any atom is -0.336 e. The first-order chi connectivity index (χ1) is 9.97. The van der Waals surface area contributed by atoms with Gasteiger partial charge in [0.1, 0.15) is 0 Å². The number of halogens is 2. The van der Waals surface area contributed by atoms with Gasteiger partial charge in [-0.2, -0.15) is 0 Å². The first kappa shape index (κ1) is 16.7. The molecule has 21 heavy (non-hydrogen) atoms. The Balaban J connectivity index is 1.89. The molecular weight excluding hydrogens is 354 g/mol. The van der Waals surface area contributed by atoms with E-state index in [1.54, 1.807) is 18.2 Å². The summed E-state index contributed by atoms with van der Waals surface area (Å²) in [6.45, 7) is 5.56. The number of amides is 1. The second-order valence-corrected chi connectivity index (χ2v) is 6.83. The first-order valence-electron chi connectivity index (χ1n) is 7.09. The fraction of sp³-hybridized carbons (Fsp3) is 0.533. The van der Waals surface area contributed by atoms with E-state index in [9.17, 15) is 4.79 Å². The van der Waals surface area contributed by atoms with E-state index in [0.29, 0.717) is 10.6 Å². The number of hydrogen-bond acceptors (Lipinski definition) is 3. The molecule has 1 aromatic rings. The Morgan fingerprint density at radius 3 is 2.52 bits per heavy atom. The van der Waals surface area contributed by atoms with Crippen molar-refractivity contribution in [3.63, 3.8) is 0 Å². The molecule has 0 spiro atoms. The van der Waals surface area contributed by atoms with Gasteiger partial charge in [0.25, 0.3) is 5.91 Å². The summed E-state index contributed by atoms with van der Waals surface area (Å²) in [6, 6.07) is 5.34. The highest BCUT2D eigenvalue weighted by Gasteiger charge is 2.22. The second kappa shape index (κ2) is 7.58. The van der Waals surface area contributed by atoms with Crippen LogP contribution in [0, 0.1) is 0 Å². The number of carbonyl (C=O) groups is 1. The van der Waals surface area contributed by atoms with Crippen molar-refractivity contribution in [1.82, 2.24) is 14.7 Å². The van der Waals surface area contributed by atoms with E-state index in [4.69, 9.17) is 11.6 Å². The third-order valence-corrected chi connectivity index (χ3v) is 4.90. The van der Waals surface area contributed by atoms with Crippen molar-refractivity contribution in [3.05, 3.63) is 33.3 Å². The highest BCUT2D eigenvalue weighted by atomic mass is 79.9. The molecule has 1 heterocycles. The van der Waals surface area contributed by atoms with Gasteiger partial charge in [0.15, 0.2) is 0 Å². The molecule has 0 aliphatic carbocycles. The van der Waals surface area contributed by atoms with Crippen LogP contribution in [0.2, 0.25) is 5.02 Å². The Morgan fingerprint density at radius 2 is 1.95 bits per heavy atom. The molecule has 0 saturated carbocycles. The summed E-state index contributed by atoms with van der Waals surface area (Å²) >= 11 is 9.33. The van der Waals surface area contributed by atoms with Crippen molar-refractivity contribution in [2.75, 3.05) is 53.4 Å². The molecule has 1 saturated heterocycles. The van der Waals surface area contributed by atoms with Crippen molar-refractivity contribution in [1.29, 1.82) is 0 Å². The van der Waals surface area contributed by atoms with E-state index >= 15 is 0 Å². The quantitative estimate of drug-likeness (QED) is 0.810. The normalized spacial score (nSPS) is 16.5. The van der Waals surface area contributed by atoms with Crippen molar-refractivity contribution in [3.8, 4) is 0 Å². The van der Waals surface area contributed by atoms with Gasteiger partial charge in [-0.25, -0.2) is 0 Å². The van der Waals surface area contributed by atoms with Gasteiger partial charge in [-0.3, -0.25) is 9.69 Å². The maximum atomic E-state index is 12.5. The summed E-state index contributed by atoms with van der Waals surface area (Å²) in [7, 11) is 4.16. The van der Waals surface area contributed by atoms with Crippen molar-refractivity contribution in [2.24, 2.45) is 0 Å². The summed E-state index contributed by atoms with van der Waals surface area (Å²) in [5, 5.41) is 0.625. The van der Waals surface area contributed by atoms with Crippen LogP contribution in [0.3, 0.4) is 0 Å². The zero-order chi connectivity index (χ0) is 15.4. The lowest BCUT2D eigenvalue weighted by Gasteiger charge is -2.35. The van der Waals surface area contributed by atoms with Crippen LogP contribution in [0.4, 0.5) is 0 Å². The van der Waals surface area contributed by atoms with Crippen LogP contribution < -0.4 is 0 Å². The van der Waals surface area contributed by atoms with Gasteiger partial charge in [0.2, 0.25) is 0 Å². The predicted octanol–water partition coefficient (Wildman–Crippen LogP) is 2.42. The van der Waals surface area contributed by atoms with E-state index < -0.39 is 0 Å². The number of likely N-dealkylation sites (N-methyl/N-ethyl adjacent to an activating group) is 1. The van der Waals surface area contributed by atoms with Gasteiger partial charge in [-0.15, -0.1) is 0 Å². The Morgan fingerprint density at radius 1 is 1.29 bits per heavy atom. The Bertz CT molecular complexity index is 502. The van der Waals surface area contributed by atoms with Gasteiger partial charge >= 0.3 is 0 Å². The molecule has 1 aromatic carbocycles. The van der Waals surface area contributed by atoms with Crippen molar-refractivity contribution in [2.45, 2.75) is 0 Å². The van der Waals surface area contributed by atoms with Crippen LogP contribution in [0.5, 0.6) is 0 Å². The first-order valence-corrected chi connectivity index (χ1v) is 8.26. The lowest BCUT2D eigenvalue weighted by molar-refractivity contribution is 0.0629. The summed E-state index contributed by atoms with van der Waals surface area (Å²) in [6.07, 6.45) is 0. The minimum atomic E-state index is 0.0830. The molecule has 6 heteroatoms. The summed E-state index contributed by atoms with van der Waals surface area (Å²) < 4.78 is 0.764. The molecule has 1 amide bonds. The van der Waals surface area contributed by atoms with Crippen LogP contribution in [-0.2, 0) is 0 Å². The number of rotatable bonds is 4. The Labute approximate surface area is 139 Å². The van der Waals surface area contributed by atoms with Gasteiger partial charge in [-0.1, -0.05) is 11.6 Å². The molecule has 0 radical (unpaired) electrons. The maximum absolute atomic E-state index is 12.5. The highest BCUT2D eigenvalue weighted by Crippen LogP contribution is 2.24. The smallest absolute Gasteiger partial charge is 0.253 e. The number of nitrogens with zero attached hydrogens (tertiary/aromatic N) is 3. The SMILES string of the molecule is CN(C)CCN1CCN(C(=O)c2ccc(Cl)c(Br)c2)CC1. The molecule has 116 valence electrons. The molecule has 1 aliphatic heterocycles. The monoisotopic (exact) mass is 373 g/mol. The molecule has 0 atom stereocenters. The average molecular weight is 375 g/mol. The van der Waals surface area contributed by atoms with Crippen LogP contribution in [0.15, 0.2) is 22.7 Å². The van der Waals surface area contributed by atoms with E-state index in [-0.39, 0.29) is 5.91 Å². The van der Waals surface area contributed by atoms with Crippen LogP contribution in [0.25, 0.3) is 0 Å². The fourth-order valence-corrected chi connectivity index (χ4v) is 2.82. The number of piperazine rings is 1. The second-order valence-electron chi connectivity index (χ2n) is 5.57. The molecule has 0 bridgehead atoms. The summed E-state index contributed by atoms with van der Waals surface area (Å²) in [4.78, 5) is 19.0. The lowest BCUT2D eigenvalue weighted by atomic mass is 10.2. The van der Waals surface area contributed by atoms with Crippen molar-refractivity contribution >= 4 is 33.4 Å². The van der Waals surface area contributed by atoms with Gasteiger partial charge in [0, 0.05) is 49.3 Å². The Hall–Kier alpha value is -0.620. The minimum absolute atomic E-state index is 0.0830. The predicted molar refractivity (Wildman–Crippen MR) is 90.0 cm³/mol. The van der Waals surface area contributed by atoms with Crippen LogP contribution >= 0.6 is 27.5 Å². The molecule has 0 N–H and O–H groups in total. The molecule has 1 fully saturated rings. The average Bonchev–Trinajstić information content (AvgIpc) is 2.48. The highest BCUT2D eigenvalue weighted by molar-refractivity contribution is 9.10. The van der Waals surface area contributed by atoms with E-state index in [2.05, 4.69) is 39.8 Å². The molecule has 2 rings (SSSR count). The zero-order valence-corrected chi connectivity index (χ0v) is 14.8. The molecule has 0 aromatic heterocycles. The number of hydrogen-bond donors (Lipinski definition) is 0. The van der Waals surface area contributed by atoms with E-state index in [1.807, 2.05) is 4.90 Å². The molecule has 4 nitrogen and oxygen atoms in total. The maximum Gasteiger partial charge on any atom is 0.253 e. The lowest BCUT2D eigenvalue weighted by Crippen LogP contribution is -2.49. The molecular formula is C15H21BrClN3O. The topological polar surface area (TPSA) is 26.8 Å².